The predicted octanol–water partition coefficient (Wildman–Crippen LogP) is 2.02. The van der Waals surface area contributed by atoms with Crippen LogP contribution in [0.3, 0.4) is 0 Å². The van der Waals surface area contributed by atoms with Crippen LogP contribution in [0, 0.1) is 5.92 Å². The first-order valence-electron chi connectivity index (χ1n) is 8.70. The van der Waals surface area contributed by atoms with Crippen molar-refractivity contribution in [2.75, 3.05) is 20.1 Å². The molecule has 1 atom stereocenters. The molecule has 2 N–H and O–H groups in total. The van der Waals surface area contributed by atoms with Gasteiger partial charge in [-0.2, -0.15) is 0 Å². The summed E-state index contributed by atoms with van der Waals surface area (Å²) >= 11 is 1.75. The quantitative estimate of drug-likeness (QED) is 0.608. The minimum atomic E-state index is 0.226. The Morgan fingerprint density at radius 2 is 2.33 bits per heavy atom. The van der Waals surface area contributed by atoms with Crippen molar-refractivity contribution < 1.29 is 4.79 Å². The highest BCUT2D eigenvalue weighted by Crippen LogP contribution is 2.16. The summed E-state index contributed by atoms with van der Waals surface area (Å²) in [5.74, 6) is 1.64. The van der Waals surface area contributed by atoms with Crippen LogP contribution in [0.4, 0.5) is 0 Å². The molecule has 2 rings (SSSR count). The second kappa shape index (κ2) is 9.01. The Bertz CT molecular complexity index is 569. The van der Waals surface area contributed by atoms with Crippen LogP contribution in [-0.4, -0.2) is 47.9 Å². The van der Waals surface area contributed by atoms with Gasteiger partial charge in [0.15, 0.2) is 5.96 Å². The van der Waals surface area contributed by atoms with Gasteiger partial charge in [0.2, 0.25) is 5.91 Å². The maximum absolute atomic E-state index is 11.8. The topological polar surface area (TPSA) is 69.6 Å². The molecule has 0 saturated carbocycles. The van der Waals surface area contributed by atoms with Gasteiger partial charge in [0.05, 0.1) is 11.6 Å². The largest absolute Gasteiger partial charge is 0.352 e. The average molecular weight is 352 g/mol. The summed E-state index contributed by atoms with van der Waals surface area (Å²) in [5, 5.41) is 7.95. The molecule has 6 nitrogen and oxygen atoms in total. The number of rotatable bonds is 6. The van der Waals surface area contributed by atoms with E-state index in [9.17, 15) is 4.79 Å². The summed E-state index contributed by atoms with van der Waals surface area (Å²) in [7, 11) is 1.77. The number of carbonyl (C=O) groups excluding carboxylic acids is 1. The molecule has 0 aliphatic carbocycles. The van der Waals surface area contributed by atoms with Gasteiger partial charge in [-0.25, -0.2) is 4.98 Å². The van der Waals surface area contributed by atoms with Crippen LogP contribution < -0.4 is 10.6 Å². The zero-order chi connectivity index (χ0) is 17.5. The van der Waals surface area contributed by atoms with Crippen molar-refractivity contribution in [1.29, 1.82) is 0 Å². The van der Waals surface area contributed by atoms with Crippen molar-refractivity contribution in [3.05, 3.63) is 16.1 Å². The number of hydrogen-bond donors (Lipinski definition) is 2. The third-order valence-corrected chi connectivity index (χ3v) is 5.04. The molecule has 1 aliphatic heterocycles. The van der Waals surface area contributed by atoms with Crippen molar-refractivity contribution in [2.45, 2.75) is 52.6 Å². The standard InChI is InChI=1S/C17H29N5OS/c1-5-16(23)22-7-6-13(11-22)21-17(18-4)20-10-14-9-19-15(24-14)8-12(2)3/h9,12-13H,5-8,10-11H2,1-4H3,(H2,18,20,21). The molecule has 0 aromatic carbocycles. The van der Waals surface area contributed by atoms with Crippen LogP contribution in [0.1, 0.15) is 43.5 Å². The van der Waals surface area contributed by atoms with Crippen LogP contribution in [0.5, 0.6) is 0 Å². The lowest BCUT2D eigenvalue weighted by molar-refractivity contribution is -0.129. The van der Waals surface area contributed by atoms with E-state index in [0.29, 0.717) is 12.3 Å². The van der Waals surface area contributed by atoms with Gasteiger partial charge in [0.1, 0.15) is 0 Å². The molecule has 7 heteroatoms. The second-order valence-corrected chi connectivity index (χ2v) is 7.77. The number of nitrogens with one attached hydrogen (secondary N) is 2. The van der Waals surface area contributed by atoms with E-state index < -0.39 is 0 Å². The second-order valence-electron chi connectivity index (χ2n) is 6.57. The van der Waals surface area contributed by atoms with Crippen LogP contribution in [0.15, 0.2) is 11.2 Å². The lowest BCUT2D eigenvalue weighted by Gasteiger charge is -2.18. The van der Waals surface area contributed by atoms with Crippen molar-refractivity contribution in [1.82, 2.24) is 20.5 Å². The smallest absolute Gasteiger partial charge is 0.222 e. The first-order valence-corrected chi connectivity index (χ1v) is 9.52. The molecule has 24 heavy (non-hydrogen) atoms. The molecule has 0 radical (unpaired) electrons. The fourth-order valence-corrected chi connectivity index (χ4v) is 3.83. The summed E-state index contributed by atoms with van der Waals surface area (Å²) in [6.07, 6.45) is 4.51. The van der Waals surface area contributed by atoms with Gasteiger partial charge >= 0.3 is 0 Å². The van der Waals surface area contributed by atoms with Gasteiger partial charge < -0.3 is 15.5 Å². The Labute approximate surface area is 148 Å². The van der Waals surface area contributed by atoms with E-state index in [1.165, 1.54) is 9.88 Å². The van der Waals surface area contributed by atoms with Crippen LogP contribution in [0.25, 0.3) is 0 Å². The van der Waals surface area contributed by atoms with E-state index in [4.69, 9.17) is 0 Å². The number of aliphatic imine (C=N–C) groups is 1. The molecule has 134 valence electrons. The van der Waals surface area contributed by atoms with E-state index in [2.05, 4.69) is 34.5 Å². The summed E-state index contributed by atoms with van der Waals surface area (Å²) in [6.45, 7) is 8.63. The first kappa shape index (κ1) is 18.7. The molecule has 2 heterocycles. The number of likely N-dealkylation sites (tertiary alicyclic amines) is 1. The van der Waals surface area contributed by atoms with E-state index in [0.717, 1.165) is 38.4 Å². The van der Waals surface area contributed by atoms with Crippen molar-refractivity contribution in [2.24, 2.45) is 10.9 Å². The van der Waals surface area contributed by atoms with E-state index in [-0.39, 0.29) is 11.9 Å². The molecule has 1 saturated heterocycles. The maximum atomic E-state index is 11.8. The number of nitrogens with zero attached hydrogens (tertiary/aromatic N) is 3. The highest BCUT2D eigenvalue weighted by molar-refractivity contribution is 7.11. The Hall–Kier alpha value is -1.63. The monoisotopic (exact) mass is 351 g/mol. The van der Waals surface area contributed by atoms with Gasteiger partial charge in [0, 0.05) is 50.1 Å². The van der Waals surface area contributed by atoms with Gasteiger partial charge in [0.25, 0.3) is 0 Å². The minimum Gasteiger partial charge on any atom is -0.352 e. The third kappa shape index (κ3) is 5.47. The zero-order valence-corrected chi connectivity index (χ0v) is 15.9. The van der Waals surface area contributed by atoms with Gasteiger partial charge in [-0.05, 0) is 12.3 Å². The fraction of sp³-hybridized carbons (Fsp3) is 0.706. The van der Waals surface area contributed by atoms with Crippen LogP contribution >= 0.6 is 11.3 Å². The summed E-state index contributed by atoms with van der Waals surface area (Å²) in [6, 6.07) is 0.268. The number of aromatic nitrogens is 1. The molecule has 0 bridgehead atoms. The molecule has 1 unspecified atom stereocenters. The molecular weight excluding hydrogens is 322 g/mol. The van der Waals surface area contributed by atoms with Crippen molar-refractivity contribution in [3.8, 4) is 0 Å². The number of guanidine groups is 1. The highest BCUT2D eigenvalue weighted by atomic mass is 32.1. The van der Waals surface area contributed by atoms with Crippen molar-refractivity contribution >= 4 is 23.2 Å². The predicted molar refractivity (Wildman–Crippen MR) is 99.3 cm³/mol. The SMILES string of the molecule is CCC(=O)N1CCC(NC(=NC)NCc2cnc(CC(C)C)s2)C1. The summed E-state index contributed by atoms with van der Waals surface area (Å²) in [4.78, 5) is 23.6. The normalized spacial score (nSPS) is 18.3. The number of thiazole rings is 1. The lowest BCUT2D eigenvalue weighted by atomic mass is 10.1. The Morgan fingerprint density at radius 3 is 3.00 bits per heavy atom. The zero-order valence-electron chi connectivity index (χ0n) is 15.1. The number of carbonyl (C=O) groups is 1. The first-order chi connectivity index (χ1) is 11.5. The summed E-state index contributed by atoms with van der Waals surface area (Å²) < 4.78 is 0. The molecule has 0 spiro atoms. The van der Waals surface area contributed by atoms with Crippen molar-refractivity contribution in [3.63, 3.8) is 0 Å². The average Bonchev–Trinajstić information content (AvgIpc) is 3.19. The molecular formula is C17H29N5OS. The molecule has 1 aromatic rings. The van der Waals surface area contributed by atoms with E-state index in [1.807, 2.05) is 18.0 Å². The molecule has 1 aromatic heterocycles. The number of amides is 1. The van der Waals surface area contributed by atoms with Gasteiger partial charge in [-0.15, -0.1) is 11.3 Å². The molecule has 1 fully saturated rings. The van der Waals surface area contributed by atoms with Crippen LogP contribution in [0.2, 0.25) is 0 Å². The Kier molecular flexibility index (Phi) is 7.02. The number of hydrogen-bond acceptors (Lipinski definition) is 4. The van der Waals surface area contributed by atoms with E-state index >= 15 is 0 Å². The lowest BCUT2D eigenvalue weighted by Crippen LogP contribution is -2.44. The van der Waals surface area contributed by atoms with E-state index in [1.54, 1.807) is 18.4 Å². The Morgan fingerprint density at radius 1 is 1.54 bits per heavy atom. The van der Waals surface area contributed by atoms with Crippen LogP contribution in [-0.2, 0) is 17.8 Å². The highest BCUT2D eigenvalue weighted by Gasteiger charge is 2.25. The third-order valence-electron chi connectivity index (χ3n) is 4.02. The fourth-order valence-electron chi connectivity index (χ4n) is 2.76. The van der Waals surface area contributed by atoms with Gasteiger partial charge in [-0.3, -0.25) is 9.79 Å². The molecule has 1 amide bonds. The molecule has 1 aliphatic rings. The maximum Gasteiger partial charge on any atom is 0.222 e. The Balaban J connectivity index is 1.79. The van der Waals surface area contributed by atoms with Gasteiger partial charge in [-0.1, -0.05) is 20.8 Å². The summed E-state index contributed by atoms with van der Waals surface area (Å²) in [5.41, 5.74) is 0. The minimum absolute atomic E-state index is 0.226.